The zero-order chi connectivity index (χ0) is 17.5. The minimum absolute atomic E-state index is 0.00470. The summed E-state index contributed by atoms with van der Waals surface area (Å²) in [7, 11) is 1.62. The first kappa shape index (κ1) is 17.2. The minimum atomic E-state index is -0.167. The van der Waals surface area contributed by atoms with Crippen molar-refractivity contribution in [2.75, 3.05) is 26.9 Å². The second kappa shape index (κ2) is 8.48. The Labute approximate surface area is 147 Å². The van der Waals surface area contributed by atoms with Crippen LogP contribution < -0.4 is 14.8 Å². The monoisotopic (exact) mass is 342 g/mol. The molecular formula is C19H22N2O4. The Morgan fingerprint density at radius 1 is 1.28 bits per heavy atom. The van der Waals surface area contributed by atoms with Crippen molar-refractivity contribution >= 4 is 5.91 Å². The standard InChI is InChI=1S/C19H22N2O4/c1-23-8-9-24-18-7-6-14(11-20-18)12-21-19(22)16-10-15-4-2-3-5-17(15)25-13-16/h2-7,11,16H,8-10,12-13H2,1H3,(H,21,22)/t16-/m1/s1. The lowest BCUT2D eigenvalue weighted by atomic mass is 9.96. The largest absolute Gasteiger partial charge is 0.492 e. The number of aromatic nitrogens is 1. The second-order valence-corrected chi connectivity index (χ2v) is 5.88. The molecule has 0 unspecified atom stereocenters. The molecule has 3 rings (SSSR count). The maximum Gasteiger partial charge on any atom is 0.227 e. The van der Waals surface area contributed by atoms with Gasteiger partial charge in [0.15, 0.2) is 0 Å². The van der Waals surface area contributed by atoms with Gasteiger partial charge in [0.25, 0.3) is 0 Å². The van der Waals surface area contributed by atoms with Crippen molar-refractivity contribution < 1.29 is 19.0 Å². The van der Waals surface area contributed by atoms with Crippen molar-refractivity contribution in [2.45, 2.75) is 13.0 Å². The highest BCUT2D eigenvalue weighted by Crippen LogP contribution is 2.26. The highest BCUT2D eigenvalue weighted by Gasteiger charge is 2.25. The zero-order valence-electron chi connectivity index (χ0n) is 14.2. The number of ether oxygens (including phenoxy) is 3. The summed E-state index contributed by atoms with van der Waals surface area (Å²) in [5.41, 5.74) is 2.00. The van der Waals surface area contributed by atoms with Gasteiger partial charge < -0.3 is 19.5 Å². The summed E-state index contributed by atoms with van der Waals surface area (Å²) in [6.07, 6.45) is 2.40. The van der Waals surface area contributed by atoms with Gasteiger partial charge in [0.1, 0.15) is 19.0 Å². The SMILES string of the molecule is COCCOc1ccc(CNC(=O)[C@H]2COc3ccccc3C2)cn1. The summed E-state index contributed by atoms with van der Waals surface area (Å²) in [4.78, 5) is 16.6. The molecule has 2 heterocycles. The van der Waals surface area contributed by atoms with Crippen molar-refractivity contribution in [1.29, 1.82) is 0 Å². The maximum absolute atomic E-state index is 12.4. The molecule has 0 spiro atoms. The van der Waals surface area contributed by atoms with Crippen LogP contribution in [0.15, 0.2) is 42.6 Å². The molecule has 1 aromatic carbocycles. The van der Waals surface area contributed by atoms with Gasteiger partial charge in [0.2, 0.25) is 11.8 Å². The molecule has 6 heteroatoms. The third-order valence-electron chi connectivity index (χ3n) is 4.05. The fourth-order valence-electron chi connectivity index (χ4n) is 2.66. The number of benzene rings is 1. The van der Waals surface area contributed by atoms with Crippen LogP contribution in [-0.4, -0.2) is 37.8 Å². The summed E-state index contributed by atoms with van der Waals surface area (Å²) < 4.78 is 16.0. The predicted octanol–water partition coefficient (Wildman–Crippen LogP) is 1.97. The number of hydrogen-bond donors (Lipinski definition) is 1. The van der Waals surface area contributed by atoms with Gasteiger partial charge in [-0.3, -0.25) is 4.79 Å². The molecule has 0 saturated carbocycles. The fraction of sp³-hybridized carbons (Fsp3) is 0.368. The normalized spacial score (nSPS) is 15.8. The molecule has 0 aliphatic carbocycles. The van der Waals surface area contributed by atoms with E-state index in [1.807, 2.05) is 30.3 Å². The molecule has 132 valence electrons. The Hall–Kier alpha value is -2.60. The Morgan fingerprint density at radius 2 is 2.16 bits per heavy atom. The van der Waals surface area contributed by atoms with E-state index in [4.69, 9.17) is 14.2 Å². The number of carbonyl (C=O) groups is 1. The number of fused-ring (bicyclic) bond motifs is 1. The lowest BCUT2D eigenvalue weighted by Gasteiger charge is -2.24. The molecule has 1 aliphatic heterocycles. The van der Waals surface area contributed by atoms with Gasteiger partial charge in [-0.1, -0.05) is 24.3 Å². The van der Waals surface area contributed by atoms with E-state index in [1.54, 1.807) is 19.4 Å². The van der Waals surface area contributed by atoms with Crippen LogP contribution in [-0.2, 0) is 22.5 Å². The first-order valence-electron chi connectivity index (χ1n) is 8.31. The number of para-hydroxylation sites is 1. The van der Waals surface area contributed by atoms with E-state index in [0.29, 0.717) is 38.7 Å². The van der Waals surface area contributed by atoms with E-state index in [9.17, 15) is 4.79 Å². The molecule has 0 fully saturated rings. The van der Waals surface area contributed by atoms with Gasteiger partial charge in [0.05, 0.1) is 12.5 Å². The summed E-state index contributed by atoms with van der Waals surface area (Å²) in [6, 6.07) is 11.5. The number of pyridine rings is 1. The summed E-state index contributed by atoms with van der Waals surface area (Å²) >= 11 is 0. The third-order valence-corrected chi connectivity index (χ3v) is 4.05. The van der Waals surface area contributed by atoms with Crippen LogP contribution in [0.25, 0.3) is 0 Å². The van der Waals surface area contributed by atoms with Crippen molar-refractivity contribution in [3.05, 3.63) is 53.7 Å². The summed E-state index contributed by atoms with van der Waals surface area (Å²) in [5, 5.41) is 2.95. The first-order valence-corrected chi connectivity index (χ1v) is 8.31. The van der Waals surface area contributed by atoms with Gasteiger partial charge in [-0.25, -0.2) is 4.98 Å². The topological polar surface area (TPSA) is 69.7 Å². The Kier molecular flexibility index (Phi) is 5.85. The second-order valence-electron chi connectivity index (χ2n) is 5.88. The van der Waals surface area contributed by atoms with Crippen LogP contribution >= 0.6 is 0 Å². The number of nitrogens with zero attached hydrogens (tertiary/aromatic N) is 1. The quantitative estimate of drug-likeness (QED) is 0.779. The van der Waals surface area contributed by atoms with Gasteiger partial charge in [-0.15, -0.1) is 0 Å². The third kappa shape index (κ3) is 4.70. The molecule has 1 atom stereocenters. The van der Waals surface area contributed by atoms with E-state index < -0.39 is 0 Å². The number of carbonyl (C=O) groups excluding carboxylic acids is 1. The van der Waals surface area contributed by atoms with Crippen LogP contribution in [0.5, 0.6) is 11.6 Å². The van der Waals surface area contributed by atoms with E-state index in [0.717, 1.165) is 16.9 Å². The molecule has 1 aromatic heterocycles. The molecule has 2 aromatic rings. The Bertz CT molecular complexity index is 703. The van der Waals surface area contributed by atoms with Gasteiger partial charge in [0, 0.05) is 25.9 Å². The highest BCUT2D eigenvalue weighted by atomic mass is 16.5. The molecule has 1 N–H and O–H groups in total. The Balaban J connectivity index is 1.48. The van der Waals surface area contributed by atoms with Crippen LogP contribution in [0.2, 0.25) is 0 Å². The number of hydrogen-bond acceptors (Lipinski definition) is 5. The average molecular weight is 342 g/mol. The van der Waals surface area contributed by atoms with Gasteiger partial charge in [-0.2, -0.15) is 0 Å². The minimum Gasteiger partial charge on any atom is -0.492 e. The van der Waals surface area contributed by atoms with E-state index in [1.165, 1.54) is 0 Å². The first-order chi connectivity index (χ1) is 12.3. The van der Waals surface area contributed by atoms with Crippen LogP contribution in [0, 0.1) is 5.92 Å². The van der Waals surface area contributed by atoms with Crippen LogP contribution in [0.4, 0.5) is 0 Å². The fourth-order valence-corrected chi connectivity index (χ4v) is 2.66. The highest BCUT2D eigenvalue weighted by molar-refractivity contribution is 5.79. The average Bonchev–Trinajstić information content (AvgIpc) is 2.67. The molecule has 0 radical (unpaired) electrons. The van der Waals surface area contributed by atoms with Gasteiger partial charge >= 0.3 is 0 Å². The molecular weight excluding hydrogens is 320 g/mol. The molecule has 0 saturated heterocycles. The van der Waals surface area contributed by atoms with Crippen molar-refractivity contribution in [3.8, 4) is 11.6 Å². The maximum atomic E-state index is 12.4. The zero-order valence-corrected chi connectivity index (χ0v) is 14.2. The van der Waals surface area contributed by atoms with Crippen LogP contribution in [0.3, 0.4) is 0 Å². The van der Waals surface area contributed by atoms with E-state index in [2.05, 4.69) is 10.3 Å². The molecule has 6 nitrogen and oxygen atoms in total. The summed E-state index contributed by atoms with van der Waals surface area (Å²) in [5.74, 6) is 1.25. The molecule has 25 heavy (non-hydrogen) atoms. The molecule has 1 aliphatic rings. The lowest BCUT2D eigenvalue weighted by Crippen LogP contribution is -2.37. The van der Waals surface area contributed by atoms with Crippen molar-refractivity contribution in [2.24, 2.45) is 5.92 Å². The summed E-state index contributed by atoms with van der Waals surface area (Å²) in [6.45, 7) is 1.82. The lowest BCUT2D eigenvalue weighted by molar-refractivity contribution is -0.126. The van der Waals surface area contributed by atoms with Crippen molar-refractivity contribution in [1.82, 2.24) is 10.3 Å². The van der Waals surface area contributed by atoms with E-state index in [-0.39, 0.29) is 11.8 Å². The number of methoxy groups -OCH3 is 1. The van der Waals surface area contributed by atoms with Gasteiger partial charge in [-0.05, 0) is 23.6 Å². The molecule has 1 amide bonds. The predicted molar refractivity (Wildman–Crippen MR) is 92.6 cm³/mol. The van der Waals surface area contributed by atoms with Crippen LogP contribution in [0.1, 0.15) is 11.1 Å². The van der Waals surface area contributed by atoms with Crippen molar-refractivity contribution in [3.63, 3.8) is 0 Å². The Morgan fingerprint density at radius 3 is 2.96 bits per heavy atom. The smallest absolute Gasteiger partial charge is 0.227 e. The molecule has 0 bridgehead atoms. The number of nitrogens with one attached hydrogen (secondary N) is 1. The number of rotatable bonds is 7. The number of amides is 1. The van der Waals surface area contributed by atoms with E-state index >= 15 is 0 Å².